The molecule has 1 aliphatic heterocycles. The molecule has 1 aromatic carbocycles. The highest BCUT2D eigenvalue weighted by molar-refractivity contribution is 6.30. The number of nitrogens with zero attached hydrogens (tertiary/aromatic N) is 4. The zero-order valence-electron chi connectivity index (χ0n) is 10.8. The van der Waals surface area contributed by atoms with Crippen LogP contribution in [0.4, 0.5) is 5.69 Å². The van der Waals surface area contributed by atoms with Crippen molar-refractivity contribution in [2.45, 2.75) is 25.8 Å². The number of hydrogen-bond donors (Lipinski definition) is 0. The summed E-state index contributed by atoms with van der Waals surface area (Å²) in [6.45, 7) is 2.88. The SMILES string of the molecule is Clc1ccc2c(c1)N(CCn1cncn1)CCCC2. The van der Waals surface area contributed by atoms with E-state index in [1.807, 2.05) is 10.7 Å². The van der Waals surface area contributed by atoms with E-state index in [1.54, 1.807) is 12.7 Å². The van der Waals surface area contributed by atoms with Crippen LogP contribution in [0.5, 0.6) is 0 Å². The lowest BCUT2D eigenvalue weighted by molar-refractivity contribution is 0.588. The van der Waals surface area contributed by atoms with Crippen molar-refractivity contribution in [2.75, 3.05) is 18.0 Å². The van der Waals surface area contributed by atoms with E-state index in [9.17, 15) is 0 Å². The number of aryl methyl sites for hydroxylation is 1. The van der Waals surface area contributed by atoms with Crippen molar-refractivity contribution in [3.05, 3.63) is 41.4 Å². The van der Waals surface area contributed by atoms with Crippen molar-refractivity contribution < 1.29 is 0 Å². The van der Waals surface area contributed by atoms with Gasteiger partial charge in [0.25, 0.3) is 0 Å². The Bertz CT molecular complexity index is 538. The molecule has 0 saturated heterocycles. The molecular weight excluding hydrogens is 260 g/mol. The van der Waals surface area contributed by atoms with Gasteiger partial charge < -0.3 is 4.90 Å². The van der Waals surface area contributed by atoms with Gasteiger partial charge in [0.1, 0.15) is 12.7 Å². The summed E-state index contributed by atoms with van der Waals surface area (Å²) in [7, 11) is 0. The summed E-state index contributed by atoms with van der Waals surface area (Å²) in [6, 6.07) is 6.23. The number of rotatable bonds is 3. The van der Waals surface area contributed by atoms with Crippen molar-refractivity contribution in [2.24, 2.45) is 0 Å². The van der Waals surface area contributed by atoms with Crippen molar-refractivity contribution >= 4 is 17.3 Å². The van der Waals surface area contributed by atoms with Gasteiger partial charge in [0, 0.05) is 23.8 Å². The highest BCUT2D eigenvalue weighted by atomic mass is 35.5. The van der Waals surface area contributed by atoms with Crippen LogP contribution < -0.4 is 4.90 Å². The molecule has 0 radical (unpaired) electrons. The summed E-state index contributed by atoms with van der Waals surface area (Å²) < 4.78 is 1.87. The Balaban J connectivity index is 1.79. The van der Waals surface area contributed by atoms with Crippen LogP contribution in [-0.4, -0.2) is 27.9 Å². The summed E-state index contributed by atoms with van der Waals surface area (Å²) in [6.07, 6.45) is 6.95. The van der Waals surface area contributed by atoms with Gasteiger partial charge in [-0.15, -0.1) is 0 Å². The van der Waals surface area contributed by atoms with Crippen LogP contribution in [0.2, 0.25) is 5.02 Å². The third-order valence-electron chi connectivity index (χ3n) is 3.58. The van der Waals surface area contributed by atoms with Gasteiger partial charge in [-0.3, -0.25) is 4.68 Å². The van der Waals surface area contributed by atoms with Gasteiger partial charge in [0.05, 0.1) is 6.54 Å². The molecule has 0 saturated carbocycles. The second-order valence-corrected chi connectivity index (χ2v) is 5.31. The minimum absolute atomic E-state index is 0.811. The first-order valence-corrected chi connectivity index (χ1v) is 7.06. The van der Waals surface area contributed by atoms with Crippen molar-refractivity contribution in [3.63, 3.8) is 0 Å². The summed E-state index contributed by atoms with van der Waals surface area (Å²) in [5.41, 5.74) is 2.69. The summed E-state index contributed by atoms with van der Waals surface area (Å²) in [4.78, 5) is 6.39. The van der Waals surface area contributed by atoms with E-state index in [0.717, 1.165) is 31.1 Å². The highest BCUT2D eigenvalue weighted by Gasteiger charge is 2.15. The number of aromatic nitrogens is 3. The second kappa shape index (κ2) is 5.61. The van der Waals surface area contributed by atoms with Crippen LogP contribution in [-0.2, 0) is 13.0 Å². The molecule has 2 aromatic rings. The zero-order valence-corrected chi connectivity index (χ0v) is 11.6. The maximum atomic E-state index is 6.14. The monoisotopic (exact) mass is 276 g/mol. The Morgan fingerprint density at radius 1 is 1.21 bits per heavy atom. The van der Waals surface area contributed by atoms with Crippen LogP contribution in [0.3, 0.4) is 0 Å². The van der Waals surface area contributed by atoms with E-state index in [-0.39, 0.29) is 0 Å². The summed E-state index contributed by atoms with van der Waals surface area (Å²) in [5.74, 6) is 0. The van der Waals surface area contributed by atoms with E-state index in [2.05, 4.69) is 27.1 Å². The Hall–Kier alpha value is -1.55. The standard InChI is InChI=1S/C14H17ClN4/c15-13-5-4-12-3-1-2-6-18(14(12)9-13)7-8-19-11-16-10-17-19/h4-5,9-11H,1-3,6-8H2. The molecule has 1 aromatic heterocycles. The topological polar surface area (TPSA) is 34.0 Å². The van der Waals surface area contributed by atoms with Crippen LogP contribution >= 0.6 is 11.6 Å². The predicted molar refractivity (Wildman–Crippen MR) is 76.6 cm³/mol. The third kappa shape index (κ3) is 2.89. The molecule has 0 bridgehead atoms. The fourth-order valence-electron chi connectivity index (χ4n) is 2.58. The van der Waals surface area contributed by atoms with Gasteiger partial charge in [-0.25, -0.2) is 4.98 Å². The molecule has 2 heterocycles. The Morgan fingerprint density at radius 3 is 3.00 bits per heavy atom. The molecule has 0 unspecified atom stereocenters. The number of benzene rings is 1. The molecule has 0 N–H and O–H groups in total. The largest absolute Gasteiger partial charge is 0.369 e. The molecule has 0 spiro atoms. The number of anilines is 1. The number of hydrogen-bond acceptors (Lipinski definition) is 3. The van der Waals surface area contributed by atoms with Crippen LogP contribution in [0, 0.1) is 0 Å². The molecule has 0 aliphatic carbocycles. The molecule has 100 valence electrons. The smallest absolute Gasteiger partial charge is 0.137 e. The minimum Gasteiger partial charge on any atom is -0.369 e. The van der Waals surface area contributed by atoms with E-state index in [4.69, 9.17) is 11.6 Å². The van der Waals surface area contributed by atoms with Gasteiger partial charge in [0.15, 0.2) is 0 Å². The lowest BCUT2D eigenvalue weighted by atomic mass is 10.1. The van der Waals surface area contributed by atoms with Crippen molar-refractivity contribution in [1.82, 2.24) is 14.8 Å². The molecular formula is C14H17ClN4. The lowest BCUT2D eigenvalue weighted by Crippen LogP contribution is -2.28. The van der Waals surface area contributed by atoms with Gasteiger partial charge in [-0.2, -0.15) is 5.10 Å². The molecule has 19 heavy (non-hydrogen) atoms. The molecule has 0 amide bonds. The second-order valence-electron chi connectivity index (χ2n) is 4.88. The maximum absolute atomic E-state index is 6.14. The Labute approximate surface area is 118 Å². The van der Waals surface area contributed by atoms with Gasteiger partial charge >= 0.3 is 0 Å². The third-order valence-corrected chi connectivity index (χ3v) is 3.81. The number of halogens is 1. The van der Waals surface area contributed by atoms with E-state index in [1.165, 1.54) is 24.1 Å². The molecule has 0 fully saturated rings. The number of fused-ring (bicyclic) bond motifs is 1. The maximum Gasteiger partial charge on any atom is 0.137 e. The molecule has 0 atom stereocenters. The van der Waals surface area contributed by atoms with Crippen LogP contribution in [0.1, 0.15) is 18.4 Å². The average molecular weight is 277 g/mol. The Kier molecular flexibility index (Phi) is 3.69. The van der Waals surface area contributed by atoms with Gasteiger partial charge in [0.2, 0.25) is 0 Å². The van der Waals surface area contributed by atoms with Crippen molar-refractivity contribution in [3.8, 4) is 0 Å². The van der Waals surface area contributed by atoms with E-state index >= 15 is 0 Å². The lowest BCUT2D eigenvalue weighted by Gasteiger charge is -2.25. The first-order chi connectivity index (χ1) is 9.33. The van der Waals surface area contributed by atoms with E-state index < -0.39 is 0 Å². The first kappa shape index (κ1) is 12.5. The predicted octanol–water partition coefficient (Wildman–Crippen LogP) is 2.77. The molecule has 5 heteroatoms. The van der Waals surface area contributed by atoms with Gasteiger partial charge in [-0.05, 0) is 37.0 Å². The highest BCUT2D eigenvalue weighted by Crippen LogP contribution is 2.29. The first-order valence-electron chi connectivity index (χ1n) is 6.69. The van der Waals surface area contributed by atoms with Gasteiger partial charge in [-0.1, -0.05) is 17.7 Å². The van der Waals surface area contributed by atoms with Crippen LogP contribution in [0.15, 0.2) is 30.9 Å². The minimum atomic E-state index is 0.811. The molecule has 3 rings (SSSR count). The Morgan fingerprint density at radius 2 is 2.16 bits per heavy atom. The fourth-order valence-corrected chi connectivity index (χ4v) is 2.75. The fraction of sp³-hybridized carbons (Fsp3) is 0.429. The quantitative estimate of drug-likeness (QED) is 0.864. The zero-order chi connectivity index (χ0) is 13.1. The summed E-state index contributed by atoms with van der Waals surface area (Å²) >= 11 is 6.14. The van der Waals surface area contributed by atoms with Crippen molar-refractivity contribution in [1.29, 1.82) is 0 Å². The van der Waals surface area contributed by atoms with E-state index in [0.29, 0.717) is 0 Å². The molecule has 4 nitrogen and oxygen atoms in total. The average Bonchev–Trinajstić information content (AvgIpc) is 2.85. The molecule has 1 aliphatic rings. The van der Waals surface area contributed by atoms with Crippen LogP contribution in [0.25, 0.3) is 0 Å². The normalized spacial score (nSPS) is 15.1. The summed E-state index contributed by atoms with van der Waals surface area (Å²) in [5, 5.41) is 4.96.